The number of ether oxygens (including phenoxy) is 1. The molecule has 384 valence electrons. The Bertz CT molecular complexity index is 4150. The Balaban J connectivity index is 0.945. The van der Waals surface area contributed by atoms with E-state index in [1.165, 1.54) is 48.6 Å². The summed E-state index contributed by atoms with van der Waals surface area (Å²) in [7, 11) is -2.90. The lowest BCUT2D eigenvalue weighted by molar-refractivity contribution is 0.483. The molecule has 6 heteroatoms. The van der Waals surface area contributed by atoms with Gasteiger partial charge in [-0.25, -0.2) is 4.98 Å². The molecule has 10 aromatic rings. The summed E-state index contributed by atoms with van der Waals surface area (Å²) in [6.07, 6.45) is 2.88. The van der Waals surface area contributed by atoms with Crippen LogP contribution >= 0.6 is 0 Å². The first-order valence-electron chi connectivity index (χ1n) is 29.8. The zero-order chi connectivity index (χ0) is 57.9. The molecule has 0 N–H and O–H groups in total. The largest absolute Gasteiger partial charge is 0.457 e. The van der Waals surface area contributed by atoms with E-state index in [1.807, 2.05) is 42.6 Å². The molecule has 0 unspecified atom stereocenters. The number of anilines is 7. The number of pyridine rings is 1. The van der Waals surface area contributed by atoms with Crippen LogP contribution in [0.1, 0.15) is 78.9 Å². The van der Waals surface area contributed by atoms with Crippen LogP contribution in [0.15, 0.2) is 224 Å². The van der Waals surface area contributed by atoms with Gasteiger partial charge in [-0.15, -0.1) is 0 Å². The summed E-state index contributed by atoms with van der Waals surface area (Å²) in [4.78, 5) is 12.0. The van der Waals surface area contributed by atoms with Crippen LogP contribution in [0.2, 0.25) is 0 Å². The molecule has 9 aromatic carbocycles. The van der Waals surface area contributed by atoms with Crippen LogP contribution in [0.25, 0.3) is 33.4 Å². The highest BCUT2D eigenvalue weighted by Gasteiger charge is 2.54. The highest BCUT2D eigenvalue weighted by Crippen LogP contribution is 2.51. The molecule has 0 amide bonds. The van der Waals surface area contributed by atoms with E-state index in [-0.39, 0.29) is 40.6 Å². The van der Waals surface area contributed by atoms with Crippen LogP contribution in [0, 0.1) is 5.92 Å². The van der Waals surface area contributed by atoms with Gasteiger partial charge in [-0.2, -0.15) is 0 Å². The first-order chi connectivity index (χ1) is 39.8. The summed E-state index contributed by atoms with van der Waals surface area (Å²) in [6, 6.07) is 65.7. The minimum Gasteiger partial charge on any atom is -0.457 e. The Labute approximate surface area is 469 Å². The highest BCUT2D eigenvalue weighted by atomic mass is 28.3. The third-order valence-electron chi connectivity index (χ3n) is 16.0. The molecule has 3 aliphatic rings. The molecular formula is C72H66N4OSi. The van der Waals surface area contributed by atoms with Crippen molar-refractivity contribution in [2.24, 2.45) is 5.92 Å². The van der Waals surface area contributed by atoms with E-state index in [2.05, 4.69) is 222 Å². The number of para-hydroxylation sites is 4. The van der Waals surface area contributed by atoms with Crippen molar-refractivity contribution < 1.29 is 11.6 Å². The summed E-state index contributed by atoms with van der Waals surface area (Å²) >= 11 is 0. The average molecular weight is 1040 g/mol. The van der Waals surface area contributed by atoms with Crippen molar-refractivity contribution in [1.29, 1.82) is 0 Å². The summed E-state index contributed by atoms with van der Waals surface area (Å²) in [5.41, 5.74) is 14.1. The number of benzene rings is 9. The number of hydrogen-bond donors (Lipinski definition) is 0. The van der Waals surface area contributed by atoms with Gasteiger partial charge in [0.25, 0.3) is 0 Å². The Morgan fingerprint density at radius 3 is 1.74 bits per heavy atom. The average Bonchev–Trinajstić information content (AvgIpc) is 1.66. The zero-order valence-corrected chi connectivity index (χ0v) is 46.7. The summed E-state index contributed by atoms with van der Waals surface area (Å²) in [6.45, 7) is 18.2. The Morgan fingerprint density at radius 1 is 0.513 bits per heavy atom. The van der Waals surface area contributed by atoms with E-state index in [1.54, 1.807) is 0 Å². The van der Waals surface area contributed by atoms with Gasteiger partial charge >= 0.3 is 0 Å². The van der Waals surface area contributed by atoms with Gasteiger partial charge in [0.1, 0.15) is 24.0 Å². The van der Waals surface area contributed by atoms with Crippen LogP contribution < -0.4 is 40.2 Å². The summed E-state index contributed by atoms with van der Waals surface area (Å²) in [5.74, 6) is 2.70. The highest BCUT2D eigenvalue weighted by molar-refractivity contribution is 7.23. The molecule has 1 spiro atoms. The van der Waals surface area contributed by atoms with Crippen LogP contribution in [0.3, 0.4) is 0 Å². The first kappa shape index (κ1) is 43.6. The maximum absolute atomic E-state index is 9.33. The number of nitrogens with zero attached hydrogens (tertiary/aromatic N) is 4. The third kappa shape index (κ3) is 8.24. The molecule has 0 fully saturated rings. The number of hydrogen-bond acceptors (Lipinski definition) is 5. The van der Waals surface area contributed by atoms with Gasteiger partial charge in [-0.1, -0.05) is 213 Å². The number of fused-ring (bicyclic) bond motifs is 10. The van der Waals surface area contributed by atoms with Crippen LogP contribution in [0.4, 0.5) is 39.9 Å². The Morgan fingerprint density at radius 2 is 1.08 bits per heavy atom. The lowest BCUT2D eigenvalue weighted by Gasteiger charge is -2.43. The van der Waals surface area contributed by atoms with Gasteiger partial charge in [-0.05, 0) is 131 Å². The smallest absolute Gasteiger partial charge is 0.185 e. The van der Waals surface area contributed by atoms with Gasteiger partial charge in [-0.3, -0.25) is 4.90 Å². The molecule has 0 bridgehead atoms. The minimum atomic E-state index is -2.90. The maximum Gasteiger partial charge on any atom is 0.185 e. The zero-order valence-electron chi connectivity index (χ0n) is 50.7. The maximum atomic E-state index is 9.33. The van der Waals surface area contributed by atoms with E-state index < -0.39 is 14.1 Å². The van der Waals surface area contributed by atoms with Gasteiger partial charge in [0.15, 0.2) is 8.07 Å². The van der Waals surface area contributed by atoms with E-state index >= 15 is 0 Å². The van der Waals surface area contributed by atoms with Crippen molar-refractivity contribution in [2.45, 2.75) is 72.6 Å². The van der Waals surface area contributed by atoms with Crippen LogP contribution in [-0.4, -0.2) is 19.7 Å². The van der Waals surface area contributed by atoms with Crippen molar-refractivity contribution in [3.8, 4) is 44.9 Å². The van der Waals surface area contributed by atoms with Crippen molar-refractivity contribution in [2.75, 3.05) is 21.4 Å². The Kier molecular flexibility index (Phi) is 10.6. The van der Waals surface area contributed by atoms with Crippen LogP contribution in [-0.2, 0) is 17.3 Å². The lowest BCUT2D eigenvalue weighted by Crippen LogP contribution is -2.75. The molecule has 5 nitrogen and oxygen atoms in total. The normalized spacial score (nSPS) is 14.9. The third-order valence-corrected chi connectivity index (χ3v) is 20.9. The Hall–Kier alpha value is -8.45. The van der Waals surface area contributed by atoms with Crippen molar-refractivity contribution in [3.63, 3.8) is 0 Å². The molecule has 78 heavy (non-hydrogen) atoms. The van der Waals surface area contributed by atoms with E-state index in [0.717, 1.165) is 57.5 Å². The molecule has 0 saturated carbocycles. The lowest BCUT2D eigenvalue weighted by atomic mass is 9.78. The van der Waals surface area contributed by atoms with Crippen molar-refractivity contribution in [1.82, 2.24) is 4.98 Å². The van der Waals surface area contributed by atoms with E-state index in [0.29, 0.717) is 29.6 Å². The number of rotatable bonds is 9. The van der Waals surface area contributed by atoms with Crippen molar-refractivity contribution in [3.05, 3.63) is 241 Å². The summed E-state index contributed by atoms with van der Waals surface area (Å²) in [5, 5.41) is 5.38. The molecule has 0 aliphatic carbocycles. The van der Waals surface area contributed by atoms with Gasteiger partial charge in [0.05, 0.1) is 29.6 Å². The molecule has 1 aromatic heterocycles. The van der Waals surface area contributed by atoms with E-state index in [4.69, 9.17) is 13.8 Å². The van der Waals surface area contributed by atoms with E-state index in [9.17, 15) is 2.74 Å². The van der Waals surface area contributed by atoms with Gasteiger partial charge in [0.2, 0.25) is 0 Å². The molecule has 13 rings (SSSR count). The fraction of sp³-hybridized carbons (Fsp3) is 0.181. The van der Waals surface area contributed by atoms with Crippen molar-refractivity contribution >= 4 is 68.8 Å². The molecule has 0 radical (unpaired) electrons. The first-order valence-corrected chi connectivity index (χ1v) is 29.3. The summed E-state index contributed by atoms with van der Waals surface area (Å²) < 4.78 is 52.0. The predicted molar refractivity (Wildman–Crippen MR) is 330 cm³/mol. The monoisotopic (exact) mass is 1040 g/mol. The van der Waals surface area contributed by atoms with Gasteiger partial charge < -0.3 is 14.5 Å². The predicted octanol–water partition coefficient (Wildman–Crippen LogP) is 16.4. The second-order valence-electron chi connectivity index (χ2n) is 23.6. The second kappa shape index (κ2) is 18.9. The molecule has 0 saturated heterocycles. The fourth-order valence-corrected chi connectivity index (χ4v) is 17.9. The van der Waals surface area contributed by atoms with Crippen LogP contribution in [0.5, 0.6) is 11.5 Å². The molecule has 3 aliphatic heterocycles. The van der Waals surface area contributed by atoms with Gasteiger partial charge in [0, 0.05) is 40.8 Å². The quantitative estimate of drug-likeness (QED) is 0.135. The standard InChI is InChI=1S/C72H66N4OSi/c1-48(2)40-49-38-39-73-69(41-49)76-63-32-16-19-35-67(63)78(65-33-17-12-26-59(65)60-27-13-18-34-66(60)78)68-37-36-56(46-64(68)76)77-55-25-20-24-54(45-55)74-47-75(62-31-15-14-30-61(62)74)70-57(50-22-10-9-11-23-50)28-21-29-58(70)51-42-52(71(3,4)5)44-53(43-51)72(6,7)8/h9-39,41-46,48H,40,47H2,1-8H3/i9D,10D,11D,22D,23D. The minimum absolute atomic E-state index is 0.156. The molecule has 4 heterocycles. The fourth-order valence-electron chi connectivity index (χ4n) is 12.4. The second-order valence-corrected chi connectivity index (χ2v) is 27.2. The molecular weight excluding hydrogens is 965 g/mol. The number of aromatic nitrogens is 1. The molecule has 0 atom stereocenters. The SMILES string of the molecule is [2H]c1c([2H])c([2H])c(-c2cccc(-c3cc(C(C)(C)C)cc(C(C)(C)C)c3)c2N2CN(c3cccc(Oc4ccc5c(c4)N(c4cc(CC(C)C)ccn4)c4ccccc4[Si]54c5ccccc5-c5ccccc54)c3)c3ccccc32)c([2H])c1[2H]. The topological polar surface area (TPSA) is 31.8 Å².